The van der Waals surface area contributed by atoms with Gasteiger partial charge in [-0.15, -0.1) is 0 Å². The number of nitro groups is 1. The lowest BCUT2D eigenvalue weighted by Crippen LogP contribution is -2.48. The number of non-ortho nitro benzene ring substituents is 1. The monoisotopic (exact) mass is 337 g/mol. The van der Waals surface area contributed by atoms with Gasteiger partial charge < -0.3 is 15.3 Å². The van der Waals surface area contributed by atoms with E-state index in [0.717, 1.165) is 49.5 Å². The van der Waals surface area contributed by atoms with Gasteiger partial charge in [-0.2, -0.15) is 11.8 Å². The molecule has 0 aromatic heterocycles. The summed E-state index contributed by atoms with van der Waals surface area (Å²) >= 11 is 1.82. The van der Waals surface area contributed by atoms with Crippen LogP contribution in [-0.4, -0.2) is 52.8 Å². The number of nitro benzene ring substituents is 1. The van der Waals surface area contributed by atoms with Crippen molar-refractivity contribution < 1.29 is 10.0 Å². The largest absolute Gasteiger partial charge is 0.388 e. The Labute approximate surface area is 140 Å². The van der Waals surface area contributed by atoms with Gasteiger partial charge in [0.05, 0.1) is 10.5 Å². The first-order valence-corrected chi connectivity index (χ1v) is 9.24. The second kappa shape index (κ2) is 7.07. The van der Waals surface area contributed by atoms with Crippen LogP contribution in [0.25, 0.3) is 0 Å². The Balaban J connectivity index is 1.47. The minimum absolute atomic E-state index is 0.132. The van der Waals surface area contributed by atoms with Crippen molar-refractivity contribution >= 4 is 23.1 Å². The van der Waals surface area contributed by atoms with E-state index in [1.165, 1.54) is 0 Å². The number of anilines is 1. The van der Waals surface area contributed by atoms with Crippen molar-refractivity contribution in [3.8, 4) is 0 Å². The quantitative estimate of drug-likeness (QED) is 0.632. The molecule has 2 aliphatic heterocycles. The number of nitrogens with zero attached hydrogens (tertiary/aromatic N) is 2. The molecule has 1 aromatic carbocycles. The van der Waals surface area contributed by atoms with Crippen LogP contribution in [0.2, 0.25) is 0 Å². The van der Waals surface area contributed by atoms with Gasteiger partial charge in [0.25, 0.3) is 5.69 Å². The van der Waals surface area contributed by atoms with Gasteiger partial charge in [0.1, 0.15) is 0 Å². The Hall–Kier alpha value is -1.31. The van der Waals surface area contributed by atoms with Crippen molar-refractivity contribution in [2.24, 2.45) is 0 Å². The van der Waals surface area contributed by atoms with Crippen molar-refractivity contribution in [3.05, 3.63) is 34.4 Å². The first-order valence-electron chi connectivity index (χ1n) is 8.09. The van der Waals surface area contributed by atoms with Crippen LogP contribution in [-0.2, 0) is 0 Å². The zero-order valence-corrected chi connectivity index (χ0v) is 13.9. The highest BCUT2D eigenvalue weighted by molar-refractivity contribution is 7.99. The first kappa shape index (κ1) is 16.5. The van der Waals surface area contributed by atoms with E-state index in [4.69, 9.17) is 0 Å². The van der Waals surface area contributed by atoms with Gasteiger partial charge in [0.2, 0.25) is 0 Å². The number of benzene rings is 1. The van der Waals surface area contributed by atoms with E-state index in [0.29, 0.717) is 12.6 Å². The predicted octanol–water partition coefficient (Wildman–Crippen LogP) is 2.02. The van der Waals surface area contributed by atoms with Crippen molar-refractivity contribution in [1.29, 1.82) is 0 Å². The van der Waals surface area contributed by atoms with E-state index in [9.17, 15) is 15.2 Å². The van der Waals surface area contributed by atoms with Crippen molar-refractivity contribution in [1.82, 2.24) is 5.32 Å². The normalized spacial score (nSPS) is 25.7. The molecular weight excluding hydrogens is 314 g/mol. The van der Waals surface area contributed by atoms with Gasteiger partial charge in [0.15, 0.2) is 0 Å². The molecule has 2 saturated heterocycles. The SMILES string of the molecule is O=[N+]([O-])c1ccc(N2CCC(NCC3(O)CCSC3)CC2)cc1. The average molecular weight is 337 g/mol. The molecule has 6 nitrogen and oxygen atoms in total. The molecule has 2 fully saturated rings. The smallest absolute Gasteiger partial charge is 0.269 e. The minimum atomic E-state index is -0.528. The highest BCUT2D eigenvalue weighted by Gasteiger charge is 2.32. The summed E-state index contributed by atoms with van der Waals surface area (Å²) in [7, 11) is 0. The number of hydrogen-bond donors (Lipinski definition) is 2. The first-order chi connectivity index (χ1) is 11.1. The van der Waals surface area contributed by atoms with Crippen LogP contribution in [0.4, 0.5) is 11.4 Å². The highest BCUT2D eigenvalue weighted by Crippen LogP contribution is 2.28. The molecule has 0 saturated carbocycles. The fourth-order valence-electron chi connectivity index (χ4n) is 3.20. The van der Waals surface area contributed by atoms with E-state index in [1.807, 2.05) is 23.9 Å². The molecule has 0 spiro atoms. The van der Waals surface area contributed by atoms with Crippen LogP contribution in [0.5, 0.6) is 0 Å². The summed E-state index contributed by atoms with van der Waals surface area (Å²) in [4.78, 5) is 12.6. The van der Waals surface area contributed by atoms with E-state index in [-0.39, 0.29) is 10.6 Å². The van der Waals surface area contributed by atoms with Gasteiger partial charge >= 0.3 is 0 Å². The Morgan fingerprint density at radius 3 is 2.61 bits per heavy atom. The van der Waals surface area contributed by atoms with Crippen LogP contribution in [0.15, 0.2) is 24.3 Å². The summed E-state index contributed by atoms with van der Waals surface area (Å²) < 4.78 is 0. The number of aliphatic hydroxyl groups is 1. The van der Waals surface area contributed by atoms with Crippen LogP contribution in [0, 0.1) is 10.1 Å². The molecule has 0 bridgehead atoms. The van der Waals surface area contributed by atoms with Crippen molar-refractivity contribution in [3.63, 3.8) is 0 Å². The van der Waals surface area contributed by atoms with Crippen molar-refractivity contribution in [2.45, 2.75) is 30.9 Å². The molecule has 0 aliphatic carbocycles. The van der Waals surface area contributed by atoms with Gasteiger partial charge in [-0.05, 0) is 37.1 Å². The van der Waals surface area contributed by atoms with E-state index in [1.54, 1.807) is 12.1 Å². The molecule has 7 heteroatoms. The minimum Gasteiger partial charge on any atom is -0.388 e. The number of rotatable bonds is 5. The summed E-state index contributed by atoms with van der Waals surface area (Å²) in [5, 5.41) is 24.6. The van der Waals surface area contributed by atoms with Gasteiger partial charge in [-0.1, -0.05) is 0 Å². The summed E-state index contributed by atoms with van der Waals surface area (Å²) in [5.74, 6) is 1.89. The Morgan fingerprint density at radius 1 is 1.35 bits per heavy atom. The van der Waals surface area contributed by atoms with Gasteiger partial charge in [-0.3, -0.25) is 10.1 Å². The number of thioether (sulfide) groups is 1. The lowest BCUT2D eigenvalue weighted by Gasteiger charge is -2.35. The molecule has 0 amide bonds. The topological polar surface area (TPSA) is 78.6 Å². The second-order valence-corrected chi connectivity index (χ2v) is 7.55. The third-order valence-corrected chi connectivity index (χ3v) is 5.96. The van der Waals surface area contributed by atoms with Gasteiger partial charge in [0, 0.05) is 49.2 Å². The molecule has 2 N–H and O–H groups in total. The average Bonchev–Trinajstić information content (AvgIpc) is 3.01. The van der Waals surface area contributed by atoms with Crippen LogP contribution >= 0.6 is 11.8 Å². The molecule has 2 heterocycles. The Morgan fingerprint density at radius 2 is 2.04 bits per heavy atom. The third kappa shape index (κ3) is 4.16. The fourth-order valence-corrected chi connectivity index (χ4v) is 4.49. The van der Waals surface area contributed by atoms with E-state index in [2.05, 4.69) is 10.2 Å². The summed E-state index contributed by atoms with van der Waals surface area (Å²) in [6, 6.07) is 7.22. The number of piperidine rings is 1. The predicted molar refractivity (Wildman–Crippen MR) is 93.2 cm³/mol. The molecule has 23 heavy (non-hydrogen) atoms. The maximum Gasteiger partial charge on any atom is 0.269 e. The lowest BCUT2D eigenvalue weighted by atomic mass is 10.00. The summed E-state index contributed by atoms with van der Waals surface area (Å²) in [5.41, 5.74) is 0.646. The third-order valence-electron chi connectivity index (χ3n) is 4.72. The Kier molecular flexibility index (Phi) is 5.08. The molecule has 126 valence electrons. The molecule has 1 atom stereocenters. The summed E-state index contributed by atoms with van der Waals surface area (Å²) in [6.45, 7) is 2.55. The molecule has 0 radical (unpaired) electrons. The van der Waals surface area contributed by atoms with Crippen LogP contribution in [0.3, 0.4) is 0 Å². The molecule has 1 unspecified atom stereocenters. The van der Waals surface area contributed by atoms with Crippen LogP contribution < -0.4 is 10.2 Å². The second-order valence-electron chi connectivity index (χ2n) is 6.44. The number of nitrogens with one attached hydrogen (secondary N) is 1. The van der Waals surface area contributed by atoms with E-state index >= 15 is 0 Å². The molecule has 3 rings (SSSR count). The lowest BCUT2D eigenvalue weighted by molar-refractivity contribution is -0.384. The zero-order valence-electron chi connectivity index (χ0n) is 13.1. The Bertz CT molecular complexity index is 538. The maximum atomic E-state index is 10.7. The summed E-state index contributed by atoms with van der Waals surface area (Å²) in [6.07, 6.45) is 2.94. The molecule has 2 aliphatic rings. The van der Waals surface area contributed by atoms with Crippen molar-refractivity contribution in [2.75, 3.05) is 36.0 Å². The van der Waals surface area contributed by atoms with Gasteiger partial charge in [-0.25, -0.2) is 0 Å². The molecular formula is C16H23N3O3S. The fraction of sp³-hybridized carbons (Fsp3) is 0.625. The van der Waals surface area contributed by atoms with E-state index < -0.39 is 5.60 Å². The van der Waals surface area contributed by atoms with Crippen LogP contribution in [0.1, 0.15) is 19.3 Å². The standard InChI is InChI=1S/C16H23N3O3S/c20-16(7-10-23-12-16)11-17-13-5-8-18(9-6-13)14-1-3-15(4-2-14)19(21)22/h1-4,13,17,20H,5-12H2. The maximum absolute atomic E-state index is 10.7. The number of hydrogen-bond acceptors (Lipinski definition) is 6. The highest BCUT2D eigenvalue weighted by atomic mass is 32.2. The molecule has 1 aromatic rings. The zero-order chi connectivity index (χ0) is 16.3.